The molecule has 0 radical (unpaired) electrons. The van der Waals surface area contributed by atoms with Crippen molar-refractivity contribution < 1.29 is 10.2 Å². The van der Waals surface area contributed by atoms with Crippen molar-refractivity contribution in [2.24, 2.45) is 0 Å². The van der Waals surface area contributed by atoms with Crippen molar-refractivity contribution in [3.8, 4) is 0 Å². The van der Waals surface area contributed by atoms with E-state index in [1.807, 2.05) is 6.08 Å². The van der Waals surface area contributed by atoms with Crippen molar-refractivity contribution in [2.75, 3.05) is 6.61 Å². The molecule has 0 saturated carbocycles. The first kappa shape index (κ1) is 13.7. The van der Waals surface area contributed by atoms with Crippen LogP contribution in [0.25, 0.3) is 0 Å². The van der Waals surface area contributed by atoms with Crippen LogP contribution in [-0.4, -0.2) is 22.9 Å². The number of hydrogen-bond donors (Lipinski definition) is 2. The van der Waals surface area contributed by atoms with Crippen molar-refractivity contribution in [2.45, 2.75) is 58.0 Å². The van der Waals surface area contributed by atoms with E-state index in [2.05, 4.69) is 13.0 Å². The lowest BCUT2D eigenvalue weighted by atomic mass is 10.1. The summed E-state index contributed by atoms with van der Waals surface area (Å²) in [5.74, 6) is 0. The summed E-state index contributed by atoms with van der Waals surface area (Å²) in [6.45, 7) is 2.28. The van der Waals surface area contributed by atoms with Crippen molar-refractivity contribution >= 4 is 0 Å². The normalized spacial score (nSPS) is 13.6. The quantitative estimate of drug-likeness (QED) is 0.444. The van der Waals surface area contributed by atoms with Gasteiger partial charge in [0, 0.05) is 6.61 Å². The summed E-state index contributed by atoms with van der Waals surface area (Å²) >= 11 is 0. The lowest BCUT2D eigenvalue weighted by Gasteiger charge is -2.03. The largest absolute Gasteiger partial charge is 0.396 e. The van der Waals surface area contributed by atoms with E-state index in [1.54, 1.807) is 0 Å². The molecule has 0 bridgehead atoms. The molecule has 14 heavy (non-hydrogen) atoms. The fourth-order valence-corrected chi connectivity index (χ4v) is 1.33. The van der Waals surface area contributed by atoms with Gasteiger partial charge in [-0.3, -0.25) is 0 Å². The molecule has 0 unspecified atom stereocenters. The number of rotatable bonds is 9. The first-order valence-corrected chi connectivity index (χ1v) is 5.75. The molecule has 0 aliphatic rings. The molecule has 0 spiro atoms. The Morgan fingerprint density at radius 2 is 1.93 bits per heavy atom. The van der Waals surface area contributed by atoms with E-state index in [4.69, 9.17) is 5.11 Å². The molecular formula is C12H24O2. The Hall–Kier alpha value is -0.340. The Morgan fingerprint density at radius 1 is 1.14 bits per heavy atom. The molecule has 0 amide bonds. The summed E-state index contributed by atoms with van der Waals surface area (Å²) in [5, 5.41) is 17.8. The molecule has 1 atom stereocenters. The van der Waals surface area contributed by atoms with Crippen LogP contribution in [0.4, 0.5) is 0 Å². The molecule has 0 aromatic heterocycles. The second-order valence-electron chi connectivity index (χ2n) is 3.72. The minimum Gasteiger partial charge on any atom is -0.396 e. The van der Waals surface area contributed by atoms with E-state index in [9.17, 15) is 5.11 Å². The average Bonchev–Trinajstić information content (AvgIpc) is 2.17. The molecule has 2 nitrogen and oxygen atoms in total. The van der Waals surface area contributed by atoms with Crippen LogP contribution in [0.3, 0.4) is 0 Å². The predicted octanol–water partition coefficient (Wildman–Crippen LogP) is 2.65. The minimum absolute atomic E-state index is 0.0749. The van der Waals surface area contributed by atoms with E-state index in [0.29, 0.717) is 12.8 Å². The molecule has 0 aromatic carbocycles. The van der Waals surface area contributed by atoms with E-state index >= 15 is 0 Å². The summed E-state index contributed by atoms with van der Waals surface area (Å²) in [4.78, 5) is 0. The maximum absolute atomic E-state index is 9.28. The SMILES string of the molecule is CCCCCC/C=C/C[C@@H](O)CCO. The highest BCUT2D eigenvalue weighted by molar-refractivity contribution is 4.83. The zero-order chi connectivity index (χ0) is 10.6. The fraction of sp³-hybridized carbons (Fsp3) is 0.833. The van der Waals surface area contributed by atoms with Gasteiger partial charge in [0.05, 0.1) is 6.10 Å². The highest BCUT2D eigenvalue weighted by atomic mass is 16.3. The molecule has 0 saturated heterocycles. The van der Waals surface area contributed by atoms with Crippen molar-refractivity contribution in [1.82, 2.24) is 0 Å². The van der Waals surface area contributed by atoms with E-state index in [1.165, 1.54) is 25.7 Å². The molecule has 0 aliphatic heterocycles. The van der Waals surface area contributed by atoms with Crippen molar-refractivity contribution in [3.05, 3.63) is 12.2 Å². The number of aliphatic hydroxyl groups is 2. The van der Waals surface area contributed by atoms with Crippen LogP contribution < -0.4 is 0 Å². The van der Waals surface area contributed by atoms with Crippen molar-refractivity contribution in [1.29, 1.82) is 0 Å². The molecule has 0 heterocycles. The summed E-state index contributed by atoms with van der Waals surface area (Å²) in [6, 6.07) is 0. The van der Waals surface area contributed by atoms with Gasteiger partial charge in [-0.25, -0.2) is 0 Å². The van der Waals surface area contributed by atoms with Gasteiger partial charge in [-0.1, -0.05) is 38.3 Å². The summed E-state index contributed by atoms with van der Waals surface area (Å²) < 4.78 is 0. The number of aliphatic hydroxyl groups excluding tert-OH is 2. The zero-order valence-electron chi connectivity index (χ0n) is 9.28. The Kier molecular flexibility index (Phi) is 10.5. The standard InChI is InChI=1S/C12H24O2/c1-2-3-4-5-6-7-8-9-12(14)10-11-13/h7-8,12-14H,2-6,9-11H2,1H3/b8-7+/t12-/m1/s1. The zero-order valence-corrected chi connectivity index (χ0v) is 9.28. The third-order valence-electron chi connectivity index (χ3n) is 2.26. The maximum Gasteiger partial charge on any atom is 0.0596 e. The number of allylic oxidation sites excluding steroid dienone is 1. The van der Waals surface area contributed by atoms with Crippen LogP contribution in [0.15, 0.2) is 12.2 Å². The Labute approximate surface area is 87.7 Å². The minimum atomic E-state index is -0.369. The van der Waals surface area contributed by atoms with Crippen LogP contribution >= 0.6 is 0 Å². The van der Waals surface area contributed by atoms with Crippen LogP contribution in [0.1, 0.15) is 51.9 Å². The smallest absolute Gasteiger partial charge is 0.0596 e. The monoisotopic (exact) mass is 200 g/mol. The third-order valence-corrected chi connectivity index (χ3v) is 2.26. The Morgan fingerprint density at radius 3 is 2.57 bits per heavy atom. The molecule has 0 aromatic rings. The summed E-state index contributed by atoms with van der Waals surface area (Å²) in [7, 11) is 0. The van der Waals surface area contributed by atoms with E-state index in [0.717, 1.165) is 6.42 Å². The molecule has 0 aliphatic carbocycles. The highest BCUT2D eigenvalue weighted by Crippen LogP contribution is 2.04. The molecule has 0 fully saturated rings. The lowest BCUT2D eigenvalue weighted by molar-refractivity contribution is 0.135. The van der Waals surface area contributed by atoms with Gasteiger partial charge in [-0.05, 0) is 25.7 Å². The van der Waals surface area contributed by atoms with Crippen LogP contribution in [0.5, 0.6) is 0 Å². The second kappa shape index (κ2) is 10.7. The van der Waals surface area contributed by atoms with Gasteiger partial charge in [0.15, 0.2) is 0 Å². The summed E-state index contributed by atoms with van der Waals surface area (Å²) in [6.07, 6.45) is 11.2. The number of unbranched alkanes of at least 4 members (excludes halogenated alkanes) is 4. The van der Waals surface area contributed by atoms with E-state index < -0.39 is 0 Å². The van der Waals surface area contributed by atoms with Gasteiger partial charge in [-0.2, -0.15) is 0 Å². The van der Waals surface area contributed by atoms with E-state index in [-0.39, 0.29) is 12.7 Å². The van der Waals surface area contributed by atoms with Crippen LogP contribution in [0, 0.1) is 0 Å². The van der Waals surface area contributed by atoms with Gasteiger partial charge in [0.1, 0.15) is 0 Å². The van der Waals surface area contributed by atoms with Crippen LogP contribution in [0.2, 0.25) is 0 Å². The Balaban J connectivity index is 3.18. The fourth-order valence-electron chi connectivity index (χ4n) is 1.33. The van der Waals surface area contributed by atoms with Gasteiger partial charge >= 0.3 is 0 Å². The summed E-state index contributed by atoms with van der Waals surface area (Å²) in [5.41, 5.74) is 0. The van der Waals surface area contributed by atoms with Crippen molar-refractivity contribution in [3.63, 3.8) is 0 Å². The molecular weight excluding hydrogens is 176 g/mol. The second-order valence-corrected chi connectivity index (χ2v) is 3.72. The molecule has 2 heteroatoms. The first-order chi connectivity index (χ1) is 6.81. The molecule has 0 rings (SSSR count). The average molecular weight is 200 g/mol. The van der Waals surface area contributed by atoms with Gasteiger partial charge in [-0.15, -0.1) is 0 Å². The maximum atomic E-state index is 9.28. The topological polar surface area (TPSA) is 40.5 Å². The highest BCUT2D eigenvalue weighted by Gasteiger charge is 1.98. The van der Waals surface area contributed by atoms with Gasteiger partial charge in [0.25, 0.3) is 0 Å². The molecule has 2 N–H and O–H groups in total. The van der Waals surface area contributed by atoms with Gasteiger partial charge < -0.3 is 10.2 Å². The predicted molar refractivity (Wildman–Crippen MR) is 60.2 cm³/mol. The van der Waals surface area contributed by atoms with Crippen LogP contribution in [-0.2, 0) is 0 Å². The number of hydrogen-bond acceptors (Lipinski definition) is 2. The Bertz CT molecular complexity index is 132. The lowest BCUT2D eigenvalue weighted by Crippen LogP contribution is -2.06. The molecule has 84 valence electrons. The van der Waals surface area contributed by atoms with Gasteiger partial charge in [0.2, 0.25) is 0 Å². The first-order valence-electron chi connectivity index (χ1n) is 5.75. The third kappa shape index (κ3) is 9.75.